The van der Waals surface area contributed by atoms with Crippen molar-refractivity contribution < 1.29 is 9.47 Å². The predicted octanol–water partition coefficient (Wildman–Crippen LogP) is 3.64. The van der Waals surface area contributed by atoms with Gasteiger partial charge in [-0.1, -0.05) is 24.9 Å². The molecule has 0 spiro atoms. The van der Waals surface area contributed by atoms with Gasteiger partial charge in [-0.05, 0) is 26.5 Å². The van der Waals surface area contributed by atoms with Gasteiger partial charge < -0.3 is 14.8 Å². The van der Waals surface area contributed by atoms with Crippen LogP contribution in [0.4, 0.5) is 0 Å². The van der Waals surface area contributed by atoms with Crippen LogP contribution in [0.25, 0.3) is 0 Å². The van der Waals surface area contributed by atoms with Gasteiger partial charge in [0.15, 0.2) is 11.5 Å². The lowest BCUT2D eigenvalue weighted by Gasteiger charge is -2.20. The lowest BCUT2D eigenvalue weighted by molar-refractivity contribution is 0.198. The summed E-state index contributed by atoms with van der Waals surface area (Å²) < 4.78 is 11.3. The van der Waals surface area contributed by atoms with Gasteiger partial charge in [-0.3, -0.25) is 0 Å². The van der Waals surface area contributed by atoms with E-state index in [4.69, 9.17) is 21.1 Å². The second-order valence-corrected chi connectivity index (χ2v) is 4.78. The maximum Gasteiger partial charge on any atom is 0.166 e. The SMILES string of the molecule is CCCC(C)Oc1c(CNC)cc(Cl)cc1OC. The van der Waals surface area contributed by atoms with Crippen molar-refractivity contribution in [3.8, 4) is 11.5 Å². The van der Waals surface area contributed by atoms with Gasteiger partial charge in [0, 0.05) is 23.2 Å². The van der Waals surface area contributed by atoms with E-state index in [0.717, 1.165) is 24.2 Å². The highest BCUT2D eigenvalue weighted by Crippen LogP contribution is 2.35. The molecule has 3 nitrogen and oxygen atoms in total. The molecule has 4 heteroatoms. The quantitative estimate of drug-likeness (QED) is 0.821. The minimum Gasteiger partial charge on any atom is -0.493 e. The van der Waals surface area contributed by atoms with Crippen molar-refractivity contribution in [2.24, 2.45) is 0 Å². The third kappa shape index (κ3) is 4.07. The molecule has 0 radical (unpaired) electrons. The van der Waals surface area contributed by atoms with Crippen molar-refractivity contribution in [1.29, 1.82) is 0 Å². The van der Waals surface area contributed by atoms with Crippen LogP contribution in [0.5, 0.6) is 11.5 Å². The summed E-state index contributed by atoms with van der Waals surface area (Å²) in [6, 6.07) is 3.70. The highest BCUT2D eigenvalue weighted by molar-refractivity contribution is 6.30. The fraction of sp³-hybridized carbons (Fsp3) is 0.571. The van der Waals surface area contributed by atoms with Crippen molar-refractivity contribution in [2.75, 3.05) is 14.2 Å². The van der Waals surface area contributed by atoms with Gasteiger partial charge in [-0.25, -0.2) is 0 Å². The monoisotopic (exact) mass is 271 g/mol. The van der Waals surface area contributed by atoms with E-state index in [9.17, 15) is 0 Å². The van der Waals surface area contributed by atoms with Crippen LogP contribution in [0.1, 0.15) is 32.3 Å². The standard InChI is InChI=1S/C14H22ClNO2/c1-5-6-10(2)18-14-11(9-16-3)7-12(15)8-13(14)17-4/h7-8,10,16H,5-6,9H2,1-4H3. The van der Waals surface area contributed by atoms with Gasteiger partial charge in [0.05, 0.1) is 13.2 Å². The molecule has 0 amide bonds. The number of methoxy groups -OCH3 is 1. The average Bonchev–Trinajstić information content (AvgIpc) is 2.32. The molecule has 0 saturated heterocycles. The molecule has 0 fully saturated rings. The average molecular weight is 272 g/mol. The van der Waals surface area contributed by atoms with Crippen molar-refractivity contribution in [1.82, 2.24) is 5.32 Å². The fourth-order valence-corrected chi connectivity index (χ4v) is 2.13. The largest absolute Gasteiger partial charge is 0.493 e. The molecule has 102 valence electrons. The Hall–Kier alpha value is -0.930. The lowest BCUT2D eigenvalue weighted by atomic mass is 10.1. The van der Waals surface area contributed by atoms with E-state index in [0.29, 0.717) is 17.3 Å². The molecule has 0 aromatic heterocycles. The minimum atomic E-state index is 0.167. The van der Waals surface area contributed by atoms with Gasteiger partial charge >= 0.3 is 0 Å². The zero-order chi connectivity index (χ0) is 13.5. The minimum absolute atomic E-state index is 0.167. The van der Waals surface area contributed by atoms with E-state index in [-0.39, 0.29) is 6.10 Å². The molecule has 1 N–H and O–H groups in total. The van der Waals surface area contributed by atoms with Crippen molar-refractivity contribution in [3.05, 3.63) is 22.7 Å². The Balaban J connectivity index is 3.04. The first kappa shape index (κ1) is 15.1. The van der Waals surface area contributed by atoms with Gasteiger partial charge in [-0.2, -0.15) is 0 Å². The Bertz CT molecular complexity index is 382. The Morgan fingerprint density at radius 3 is 2.67 bits per heavy atom. The molecule has 0 aliphatic heterocycles. The third-order valence-corrected chi connectivity index (χ3v) is 2.92. The maximum atomic E-state index is 6.07. The van der Waals surface area contributed by atoms with Crippen LogP contribution in [0.2, 0.25) is 5.02 Å². The van der Waals surface area contributed by atoms with Crippen molar-refractivity contribution in [3.63, 3.8) is 0 Å². The number of halogens is 1. The number of hydrogen-bond acceptors (Lipinski definition) is 3. The van der Waals surface area contributed by atoms with Crippen LogP contribution < -0.4 is 14.8 Å². The van der Waals surface area contributed by atoms with Crippen LogP contribution >= 0.6 is 11.6 Å². The smallest absolute Gasteiger partial charge is 0.166 e. The van der Waals surface area contributed by atoms with E-state index in [2.05, 4.69) is 19.2 Å². The Morgan fingerprint density at radius 2 is 2.11 bits per heavy atom. The van der Waals surface area contributed by atoms with E-state index in [1.807, 2.05) is 13.1 Å². The van der Waals surface area contributed by atoms with Crippen LogP contribution in [-0.2, 0) is 6.54 Å². The number of hydrogen-bond donors (Lipinski definition) is 1. The number of rotatable bonds is 7. The van der Waals surface area contributed by atoms with E-state index in [1.165, 1.54) is 0 Å². The summed E-state index contributed by atoms with van der Waals surface area (Å²) in [5.41, 5.74) is 1.02. The molecule has 0 heterocycles. The summed E-state index contributed by atoms with van der Waals surface area (Å²) in [6.45, 7) is 4.92. The first-order valence-corrected chi connectivity index (χ1v) is 6.67. The number of nitrogens with one attached hydrogen (secondary N) is 1. The molecule has 0 aliphatic carbocycles. The molecule has 0 bridgehead atoms. The first-order valence-electron chi connectivity index (χ1n) is 6.30. The molecular formula is C14H22ClNO2. The summed E-state index contributed by atoms with van der Waals surface area (Å²) >= 11 is 6.07. The second kappa shape index (κ2) is 7.49. The van der Waals surface area contributed by atoms with Gasteiger partial charge in [-0.15, -0.1) is 0 Å². The lowest BCUT2D eigenvalue weighted by Crippen LogP contribution is -2.15. The normalized spacial score (nSPS) is 12.3. The van der Waals surface area contributed by atoms with Crippen molar-refractivity contribution in [2.45, 2.75) is 39.3 Å². The molecule has 0 saturated carbocycles. The Morgan fingerprint density at radius 1 is 1.39 bits per heavy atom. The first-order chi connectivity index (χ1) is 8.62. The van der Waals surface area contributed by atoms with E-state index >= 15 is 0 Å². The number of ether oxygens (including phenoxy) is 2. The second-order valence-electron chi connectivity index (χ2n) is 4.34. The summed E-state index contributed by atoms with van der Waals surface area (Å²) in [7, 11) is 3.53. The van der Waals surface area contributed by atoms with E-state index < -0.39 is 0 Å². The predicted molar refractivity (Wildman–Crippen MR) is 75.8 cm³/mol. The maximum absolute atomic E-state index is 6.07. The van der Waals surface area contributed by atoms with Crippen LogP contribution in [-0.4, -0.2) is 20.3 Å². The van der Waals surface area contributed by atoms with E-state index in [1.54, 1.807) is 13.2 Å². The molecular weight excluding hydrogens is 250 g/mol. The van der Waals surface area contributed by atoms with Gasteiger partial charge in [0.1, 0.15) is 0 Å². The van der Waals surface area contributed by atoms with Gasteiger partial charge in [0.2, 0.25) is 0 Å². The molecule has 1 aromatic carbocycles. The highest BCUT2D eigenvalue weighted by atomic mass is 35.5. The van der Waals surface area contributed by atoms with Crippen LogP contribution in [0.15, 0.2) is 12.1 Å². The molecule has 1 unspecified atom stereocenters. The number of benzene rings is 1. The molecule has 1 rings (SSSR count). The fourth-order valence-electron chi connectivity index (χ4n) is 1.90. The molecule has 1 aromatic rings. The Labute approximate surface area is 114 Å². The van der Waals surface area contributed by atoms with Crippen molar-refractivity contribution >= 4 is 11.6 Å². The van der Waals surface area contributed by atoms with Crippen LogP contribution in [0.3, 0.4) is 0 Å². The molecule has 0 aliphatic rings. The summed E-state index contributed by atoms with van der Waals surface area (Å²) in [4.78, 5) is 0. The summed E-state index contributed by atoms with van der Waals surface area (Å²) in [5, 5.41) is 3.77. The summed E-state index contributed by atoms with van der Waals surface area (Å²) in [5.74, 6) is 1.48. The molecule has 1 atom stereocenters. The topological polar surface area (TPSA) is 30.5 Å². The van der Waals surface area contributed by atoms with Gasteiger partial charge in [0.25, 0.3) is 0 Å². The third-order valence-electron chi connectivity index (χ3n) is 2.70. The zero-order valence-electron chi connectivity index (χ0n) is 11.5. The Kier molecular flexibility index (Phi) is 6.30. The summed E-state index contributed by atoms with van der Waals surface area (Å²) in [6.07, 6.45) is 2.28. The zero-order valence-corrected chi connectivity index (χ0v) is 12.3. The highest BCUT2D eigenvalue weighted by Gasteiger charge is 2.15. The molecule has 18 heavy (non-hydrogen) atoms. The van der Waals surface area contributed by atoms with Crippen LogP contribution in [0, 0.1) is 0 Å².